The van der Waals surface area contributed by atoms with Crippen LogP contribution in [-0.2, 0) is 9.59 Å². The monoisotopic (exact) mass is 301 g/mol. The average molecular weight is 301 g/mol. The van der Waals surface area contributed by atoms with Gasteiger partial charge in [0.2, 0.25) is 5.91 Å². The van der Waals surface area contributed by atoms with E-state index in [-0.39, 0.29) is 11.3 Å². The molecule has 1 N–H and O–H groups in total. The Morgan fingerprint density at radius 3 is 2.45 bits per heavy atom. The fourth-order valence-corrected chi connectivity index (χ4v) is 4.10. The first-order valence-electron chi connectivity index (χ1n) is 7.77. The van der Waals surface area contributed by atoms with Gasteiger partial charge in [0.15, 0.2) is 0 Å². The van der Waals surface area contributed by atoms with Crippen molar-refractivity contribution in [2.45, 2.75) is 76.6 Å². The molecule has 20 heavy (non-hydrogen) atoms. The number of carboxylic acids is 1. The number of hydrogen-bond acceptors (Lipinski definition) is 3. The average Bonchev–Trinajstić information content (AvgIpc) is 2.83. The van der Waals surface area contributed by atoms with Gasteiger partial charge >= 0.3 is 5.97 Å². The van der Waals surface area contributed by atoms with E-state index in [9.17, 15) is 14.7 Å². The van der Waals surface area contributed by atoms with Gasteiger partial charge in [0, 0.05) is 12.2 Å². The van der Waals surface area contributed by atoms with Gasteiger partial charge in [0.1, 0.15) is 6.04 Å². The quantitative estimate of drug-likeness (QED) is 0.662. The predicted molar refractivity (Wildman–Crippen MR) is 82.8 cm³/mol. The van der Waals surface area contributed by atoms with Gasteiger partial charge in [0.25, 0.3) is 0 Å². The molecule has 116 valence electrons. The number of rotatable bonds is 9. The minimum absolute atomic E-state index is 0.0253. The Hall–Kier alpha value is -0.710. The van der Waals surface area contributed by atoms with Crippen molar-refractivity contribution in [1.29, 1.82) is 0 Å². The maximum Gasteiger partial charge on any atom is 0.327 e. The Morgan fingerprint density at radius 2 is 1.85 bits per heavy atom. The highest BCUT2D eigenvalue weighted by Gasteiger charge is 2.40. The van der Waals surface area contributed by atoms with Crippen molar-refractivity contribution in [3.05, 3.63) is 0 Å². The lowest BCUT2D eigenvalue weighted by molar-refractivity contribution is -0.149. The number of aliphatic carboxylic acids is 1. The largest absolute Gasteiger partial charge is 0.480 e. The van der Waals surface area contributed by atoms with E-state index < -0.39 is 12.0 Å². The number of nitrogens with zero attached hydrogens (tertiary/aromatic N) is 1. The number of carboxylic acid groups (broad SMARTS) is 1. The Balaban J connectivity index is 2.49. The van der Waals surface area contributed by atoms with Gasteiger partial charge in [0.05, 0.1) is 5.37 Å². The molecule has 0 aromatic heterocycles. The fraction of sp³-hybridized carbons (Fsp3) is 0.867. The number of carbonyl (C=O) groups is 2. The third kappa shape index (κ3) is 5.00. The minimum atomic E-state index is -0.865. The third-order valence-electron chi connectivity index (χ3n) is 3.70. The molecule has 0 aromatic carbocycles. The first kappa shape index (κ1) is 17.3. The Morgan fingerprint density at radius 1 is 1.15 bits per heavy atom. The van der Waals surface area contributed by atoms with Gasteiger partial charge in [-0.1, -0.05) is 46.0 Å². The molecule has 1 aliphatic rings. The second-order valence-electron chi connectivity index (χ2n) is 5.40. The summed E-state index contributed by atoms with van der Waals surface area (Å²) in [5.41, 5.74) is 0. The number of hydrogen-bond donors (Lipinski definition) is 1. The van der Waals surface area contributed by atoms with E-state index >= 15 is 0 Å². The van der Waals surface area contributed by atoms with Crippen molar-refractivity contribution in [1.82, 2.24) is 4.90 Å². The summed E-state index contributed by atoms with van der Waals surface area (Å²) < 4.78 is 0. The molecule has 0 bridgehead atoms. The third-order valence-corrected chi connectivity index (χ3v) is 5.05. The highest BCUT2D eigenvalue weighted by atomic mass is 32.2. The molecule has 1 amide bonds. The van der Waals surface area contributed by atoms with Crippen LogP contribution in [0.2, 0.25) is 0 Å². The van der Waals surface area contributed by atoms with Crippen molar-refractivity contribution < 1.29 is 14.7 Å². The summed E-state index contributed by atoms with van der Waals surface area (Å²) in [6.07, 6.45) is 7.87. The van der Waals surface area contributed by atoms with Gasteiger partial charge in [-0.25, -0.2) is 4.79 Å². The second-order valence-corrected chi connectivity index (χ2v) is 6.61. The van der Waals surface area contributed by atoms with Gasteiger partial charge < -0.3 is 10.0 Å². The number of unbranched alkanes of at least 4 members (excludes halogenated alkanes) is 4. The van der Waals surface area contributed by atoms with E-state index in [1.807, 2.05) is 0 Å². The Kier molecular flexibility index (Phi) is 8.04. The SMILES string of the molecule is CCCCCCCC(=O)N1C(CCC)SCC1C(=O)O. The smallest absolute Gasteiger partial charge is 0.327 e. The van der Waals surface area contributed by atoms with Crippen LogP contribution >= 0.6 is 11.8 Å². The Bertz CT molecular complexity index is 322. The van der Waals surface area contributed by atoms with Crippen molar-refractivity contribution >= 4 is 23.6 Å². The number of amides is 1. The van der Waals surface area contributed by atoms with Gasteiger partial charge in [-0.3, -0.25) is 4.79 Å². The molecule has 1 saturated heterocycles. The first-order chi connectivity index (χ1) is 9.61. The second kappa shape index (κ2) is 9.27. The zero-order chi connectivity index (χ0) is 15.0. The van der Waals surface area contributed by atoms with Crippen LogP contribution in [0, 0.1) is 0 Å². The lowest BCUT2D eigenvalue weighted by Crippen LogP contribution is -2.45. The molecular weight excluding hydrogens is 274 g/mol. The van der Waals surface area contributed by atoms with Crippen LogP contribution < -0.4 is 0 Å². The summed E-state index contributed by atoms with van der Waals surface area (Å²) in [6, 6.07) is -0.625. The molecule has 0 saturated carbocycles. The summed E-state index contributed by atoms with van der Waals surface area (Å²) in [4.78, 5) is 25.2. The Labute approximate surface area is 126 Å². The molecule has 0 spiro atoms. The van der Waals surface area contributed by atoms with Gasteiger partial charge in [-0.05, 0) is 12.8 Å². The van der Waals surface area contributed by atoms with Gasteiger partial charge in [-0.15, -0.1) is 11.8 Å². The van der Waals surface area contributed by atoms with Crippen LogP contribution in [-0.4, -0.2) is 39.1 Å². The molecule has 0 aliphatic carbocycles. The van der Waals surface area contributed by atoms with E-state index in [1.54, 1.807) is 16.7 Å². The summed E-state index contributed by atoms with van der Waals surface area (Å²) in [6.45, 7) is 4.24. The van der Waals surface area contributed by atoms with Crippen LogP contribution in [0.5, 0.6) is 0 Å². The highest BCUT2D eigenvalue weighted by molar-refractivity contribution is 8.00. The first-order valence-corrected chi connectivity index (χ1v) is 8.82. The van der Waals surface area contributed by atoms with Crippen molar-refractivity contribution in [2.75, 3.05) is 5.75 Å². The van der Waals surface area contributed by atoms with E-state index in [0.717, 1.165) is 25.7 Å². The molecule has 1 heterocycles. The molecule has 2 unspecified atom stereocenters. The standard InChI is InChI=1S/C15H27NO3S/c1-3-5-6-7-8-10-13(17)16-12(15(18)19)11-20-14(16)9-4-2/h12,14H,3-11H2,1-2H3,(H,18,19). The predicted octanol–water partition coefficient (Wildman–Crippen LogP) is 3.50. The molecular formula is C15H27NO3S. The highest BCUT2D eigenvalue weighted by Crippen LogP contribution is 2.33. The van der Waals surface area contributed by atoms with Crippen LogP contribution in [0.25, 0.3) is 0 Å². The van der Waals surface area contributed by atoms with E-state index in [1.165, 1.54) is 19.3 Å². The van der Waals surface area contributed by atoms with Gasteiger partial charge in [-0.2, -0.15) is 0 Å². The van der Waals surface area contributed by atoms with Crippen molar-refractivity contribution in [3.63, 3.8) is 0 Å². The normalized spacial score (nSPS) is 22.2. The maximum absolute atomic E-state index is 12.3. The van der Waals surface area contributed by atoms with Crippen LogP contribution in [0.1, 0.15) is 65.2 Å². The molecule has 0 aromatic rings. The molecule has 1 fully saturated rings. The molecule has 5 heteroatoms. The maximum atomic E-state index is 12.3. The van der Waals surface area contributed by atoms with E-state index in [2.05, 4.69) is 13.8 Å². The minimum Gasteiger partial charge on any atom is -0.480 e. The lowest BCUT2D eigenvalue weighted by Gasteiger charge is -2.27. The lowest BCUT2D eigenvalue weighted by atomic mass is 10.1. The molecule has 4 nitrogen and oxygen atoms in total. The van der Waals surface area contributed by atoms with Crippen molar-refractivity contribution in [2.24, 2.45) is 0 Å². The van der Waals surface area contributed by atoms with Crippen LogP contribution in [0.4, 0.5) is 0 Å². The number of thioether (sulfide) groups is 1. The zero-order valence-corrected chi connectivity index (χ0v) is 13.5. The van der Waals surface area contributed by atoms with Crippen molar-refractivity contribution in [3.8, 4) is 0 Å². The molecule has 0 radical (unpaired) electrons. The zero-order valence-electron chi connectivity index (χ0n) is 12.6. The summed E-state index contributed by atoms with van der Waals surface area (Å²) in [5.74, 6) is -0.311. The molecule has 2 atom stereocenters. The van der Waals surface area contributed by atoms with Crippen LogP contribution in [0.15, 0.2) is 0 Å². The molecule has 1 aliphatic heterocycles. The van der Waals surface area contributed by atoms with Crippen LogP contribution in [0.3, 0.4) is 0 Å². The summed E-state index contributed by atoms with van der Waals surface area (Å²) in [7, 11) is 0. The molecule has 1 rings (SSSR count). The number of carbonyl (C=O) groups excluding carboxylic acids is 1. The van der Waals surface area contributed by atoms with E-state index in [4.69, 9.17) is 0 Å². The summed E-state index contributed by atoms with van der Waals surface area (Å²) >= 11 is 1.61. The fourth-order valence-electron chi connectivity index (χ4n) is 2.57. The summed E-state index contributed by atoms with van der Waals surface area (Å²) in [5, 5.41) is 9.31. The van der Waals surface area contributed by atoms with E-state index in [0.29, 0.717) is 12.2 Å². The topological polar surface area (TPSA) is 57.6 Å².